The van der Waals surface area contributed by atoms with Gasteiger partial charge in [0, 0.05) is 18.5 Å². The minimum absolute atomic E-state index is 0.258. The molecule has 0 fully saturated rings. The van der Waals surface area contributed by atoms with E-state index in [-0.39, 0.29) is 5.82 Å². The average molecular weight is 355 g/mol. The number of aromatic nitrogens is 2. The predicted molar refractivity (Wildman–Crippen MR) is 97.4 cm³/mol. The number of ether oxygens (including phenoxy) is 1. The van der Waals surface area contributed by atoms with Crippen molar-refractivity contribution in [1.29, 1.82) is 0 Å². The third-order valence-electron chi connectivity index (χ3n) is 3.99. The fraction of sp³-hybridized carbons (Fsp3) is 0.300. The summed E-state index contributed by atoms with van der Waals surface area (Å²) < 4.78 is 23.7. The Labute approximate surface area is 152 Å². The summed E-state index contributed by atoms with van der Waals surface area (Å²) in [4.78, 5) is 6.61. The molecule has 0 N–H and O–H groups in total. The van der Waals surface area contributed by atoms with E-state index in [4.69, 9.17) is 9.26 Å². The van der Waals surface area contributed by atoms with Gasteiger partial charge in [-0.1, -0.05) is 35.5 Å². The van der Waals surface area contributed by atoms with Crippen LogP contribution in [-0.4, -0.2) is 41.8 Å². The first-order valence-electron chi connectivity index (χ1n) is 8.65. The van der Waals surface area contributed by atoms with Crippen LogP contribution in [0.15, 0.2) is 59.1 Å². The fourth-order valence-corrected chi connectivity index (χ4v) is 2.52. The molecule has 26 heavy (non-hydrogen) atoms. The maximum atomic E-state index is 12.8. The standard InChI is InChI=1S/C20H22FN3O2/c1-24(14-15-25-18-11-9-17(21)10-12-18)13-5-8-19-22-20(23-26-19)16-6-3-2-4-7-16/h2-4,6-7,9-12H,5,8,13-15H2,1H3. The molecule has 2 aromatic carbocycles. The van der Waals surface area contributed by atoms with Crippen molar-refractivity contribution in [2.24, 2.45) is 0 Å². The van der Waals surface area contributed by atoms with Crippen LogP contribution in [0.3, 0.4) is 0 Å². The van der Waals surface area contributed by atoms with Gasteiger partial charge in [-0.2, -0.15) is 4.98 Å². The number of rotatable bonds is 9. The Morgan fingerprint density at radius 1 is 1.04 bits per heavy atom. The summed E-state index contributed by atoms with van der Waals surface area (Å²) in [5, 5.41) is 4.03. The van der Waals surface area contributed by atoms with Crippen molar-refractivity contribution >= 4 is 0 Å². The van der Waals surface area contributed by atoms with Gasteiger partial charge in [-0.05, 0) is 44.3 Å². The first kappa shape index (κ1) is 18.1. The largest absolute Gasteiger partial charge is 0.492 e. The molecule has 0 aliphatic rings. The Balaban J connectivity index is 1.35. The van der Waals surface area contributed by atoms with Crippen molar-refractivity contribution in [3.05, 3.63) is 66.3 Å². The summed E-state index contributed by atoms with van der Waals surface area (Å²) in [7, 11) is 2.04. The second kappa shape index (κ2) is 9.10. The van der Waals surface area contributed by atoms with E-state index in [1.807, 2.05) is 37.4 Å². The van der Waals surface area contributed by atoms with Crippen LogP contribution in [0.5, 0.6) is 5.75 Å². The second-order valence-electron chi connectivity index (χ2n) is 6.09. The molecular weight excluding hydrogens is 333 g/mol. The first-order chi connectivity index (χ1) is 12.7. The Morgan fingerprint density at radius 2 is 1.81 bits per heavy atom. The van der Waals surface area contributed by atoms with Gasteiger partial charge in [-0.25, -0.2) is 4.39 Å². The molecule has 0 radical (unpaired) electrons. The van der Waals surface area contributed by atoms with E-state index in [1.54, 1.807) is 12.1 Å². The molecule has 136 valence electrons. The van der Waals surface area contributed by atoms with Crippen molar-refractivity contribution in [2.75, 3.05) is 26.7 Å². The summed E-state index contributed by atoms with van der Waals surface area (Å²) in [5.41, 5.74) is 0.956. The Bertz CT molecular complexity index is 790. The van der Waals surface area contributed by atoms with Crippen molar-refractivity contribution in [3.63, 3.8) is 0 Å². The maximum absolute atomic E-state index is 12.8. The number of nitrogens with zero attached hydrogens (tertiary/aromatic N) is 3. The van der Waals surface area contributed by atoms with Crippen LogP contribution in [0.4, 0.5) is 4.39 Å². The molecule has 1 heterocycles. The van der Waals surface area contributed by atoms with Crippen LogP contribution in [0.1, 0.15) is 12.3 Å². The molecule has 0 bridgehead atoms. The summed E-state index contributed by atoms with van der Waals surface area (Å²) in [6.45, 7) is 2.24. The number of aryl methyl sites for hydroxylation is 1. The topological polar surface area (TPSA) is 51.4 Å². The molecular formula is C20H22FN3O2. The van der Waals surface area contributed by atoms with E-state index in [0.717, 1.165) is 31.5 Å². The highest BCUT2D eigenvalue weighted by Crippen LogP contribution is 2.15. The molecule has 3 rings (SSSR count). The Hall–Kier alpha value is -2.73. The quantitative estimate of drug-likeness (QED) is 0.584. The van der Waals surface area contributed by atoms with Crippen molar-refractivity contribution in [2.45, 2.75) is 12.8 Å². The zero-order valence-electron chi connectivity index (χ0n) is 14.8. The predicted octanol–water partition coefficient (Wildman–Crippen LogP) is 3.82. The van der Waals surface area contributed by atoms with E-state index in [2.05, 4.69) is 15.0 Å². The minimum atomic E-state index is -0.258. The summed E-state index contributed by atoms with van der Waals surface area (Å²) in [5.74, 6) is 1.70. The average Bonchev–Trinajstić information content (AvgIpc) is 3.13. The van der Waals surface area contributed by atoms with E-state index in [9.17, 15) is 4.39 Å². The summed E-state index contributed by atoms with van der Waals surface area (Å²) in [6.07, 6.45) is 1.66. The molecule has 0 amide bonds. The van der Waals surface area contributed by atoms with Crippen LogP contribution in [0.25, 0.3) is 11.4 Å². The summed E-state index contributed by atoms with van der Waals surface area (Å²) in [6, 6.07) is 15.8. The van der Waals surface area contributed by atoms with Crippen LogP contribution in [-0.2, 0) is 6.42 Å². The molecule has 5 nitrogen and oxygen atoms in total. The highest BCUT2D eigenvalue weighted by Gasteiger charge is 2.08. The van der Waals surface area contributed by atoms with Crippen molar-refractivity contribution in [1.82, 2.24) is 15.0 Å². The molecule has 0 saturated heterocycles. The lowest BCUT2D eigenvalue weighted by Gasteiger charge is -2.16. The van der Waals surface area contributed by atoms with Crippen LogP contribution >= 0.6 is 0 Å². The highest BCUT2D eigenvalue weighted by molar-refractivity contribution is 5.53. The third-order valence-corrected chi connectivity index (χ3v) is 3.99. The highest BCUT2D eigenvalue weighted by atomic mass is 19.1. The first-order valence-corrected chi connectivity index (χ1v) is 8.65. The normalized spacial score (nSPS) is 11.0. The lowest BCUT2D eigenvalue weighted by molar-refractivity contribution is 0.234. The number of halogens is 1. The van der Waals surface area contributed by atoms with Gasteiger partial charge in [0.2, 0.25) is 11.7 Å². The molecule has 3 aromatic rings. The molecule has 0 aliphatic carbocycles. The SMILES string of the molecule is CN(CCCc1nc(-c2ccccc2)no1)CCOc1ccc(F)cc1. The van der Waals surface area contributed by atoms with Gasteiger partial charge in [0.15, 0.2) is 0 Å². The lowest BCUT2D eigenvalue weighted by Crippen LogP contribution is -2.25. The molecule has 0 spiro atoms. The maximum Gasteiger partial charge on any atom is 0.227 e. The molecule has 0 saturated carbocycles. The van der Waals surface area contributed by atoms with Crippen LogP contribution < -0.4 is 4.74 Å². The zero-order chi connectivity index (χ0) is 18.2. The van der Waals surface area contributed by atoms with Crippen molar-refractivity contribution in [3.8, 4) is 17.1 Å². The van der Waals surface area contributed by atoms with Gasteiger partial charge in [0.25, 0.3) is 0 Å². The Morgan fingerprint density at radius 3 is 2.58 bits per heavy atom. The van der Waals surface area contributed by atoms with Gasteiger partial charge >= 0.3 is 0 Å². The fourth-order valence-electron chi connectivity index (χ4n) is 2.52. The molecule has 0 aliphatic heterocycles. The summed E-state index contributed by atoms with van der Waals surface area (Å²) >= 11 is 0. The number of hydrogen-bond acceptors (Lipinski definition) is 5. The van der Waals surface area contributed by atoms with Crippen LogP contribution in [0.2, 0.25) is 0 Å². The molecule has 6 heteroatoms. The van der Waals surface area contributed by atoms with E-state index < -0.39 is 0 Å². The number of hydrogen-bond donors (Lipinski definition) is 0. The van der Waals surface area contributed by atoms with E-state index >= 15 is 0 Å². The minimum Gasteiger partial charge on any atom is -0.492 e. The lowest BCUT2D eigenvalue weighted by atomic mass is 10.2. The zero-order valence-corrected chi connectivity index (χ0v) is 14.8. The molecule has 0 atom stereocenters. The van der Waals surface area contributed by atoms with E-state index in [1.165, 1.54) is 12.1 Å². The van der Waals surface area contributed by atoms with Gasteiger partial charge in [-0.3, -0.25) is 0 Å². The number of likely N-dealkylation sites (N-methyl/N-ethyl adjacent to an activating group) is 1. The third kappa shape index (κ3) is 5.39. The number of benzene rings is 2. The monoisotopic (exact) mass is 355 g/mol. The van der Waals surface area contributed by atoms with Gasteiger partial charge in [-0.15, -0.1) is 0 Å². The van der Waals surface area contributed by atoms with Gasteiger partial charge < -0.3 is 14.2 Å². The molecule has 1 aromatic heterocycles. The Kier molecular flexibility index (Phi) is 6.33. The van der Waals surface area contributed by atoms with Crippen molar-refractivity contribution < 1.29 is 13.7 Å². The van der Waals surface area contributed by atoms with Crippen LogP contribution in [0, 0.1) is 5.82 Å². The molecule has 0 unspecified atom stereocenters. The second-order valence-corrected chi connectivity index (χ2v) is 6.09. The smallest absolute Gasteiger partial charge is 0.227 e. The van der Waals surface area contributed by atoms with Gasteiger partial charge in [0.05, 0.1) is 0 Å². The van der Waals surface area contributed by atoms with Gasteiger partial charge in [0.1, 0.15) is 18.2 Å². The van der Waals surface area contributed by atoms with E-state index in [0.29, 0.717) is 24.1 Å².